The smallest absolute Gasteiger partial charge is 0.0914 e. The predicted octanol–water partition coefficient (Wildman–Crippen LogP) is 4.39. The molecule has 0 aromatic carbocycles. The summed E-state index contributed by atoms with van der Waals surface area (Å²) in [7, 11) is -1.64. The molecule has 0 unspecified atom stereocenters. The number of hydrogen-bond donors (Lipinski definition) is 1. The predicted molar refractivity (Wildman–Crippen MR) is 76.4 cm³/mol. The Labute approximate surface area is 103 Å². The zero-order valence-electron chi connectivity index (χ0n) is 12.4. The van der Waals surface area contributed by atoms with Gasteiger partial charge in [-0.1, -0.05) is 66.8 Å². The topological polar surface area (TPSA) is 20.2 Å². The summed E-state index contributed by atoms with van der Waals surface area (Å²) in [5.41, 5.74) is 0.0683. The zero-order chi connectivity index (χ0) is 13.2. The van der Waals surface area contributed by atoms with Crippen molar-refractivity contribution >= 4 is 8.07 Å². The largest absolute Gasteiger partial charge is 0.393 e. The Morgan fingerprint density at radius 3 is 1.81 bits per heavy atom. The number of allylic oxidation sites excluding steroid dienone is 1. The SMILES string of the molecule is CC(C)(C)C/C=C\[C@H](O)[Si](C)(C)C(C)(C)C. The number of aliphatic hydroxyl groups is 1. The first-order valence-electron chi connectivity index (χ1n) is 6.23. The molecule has 0 aliphatic carbocycles. The van der Waals surface area contributed by atoms with Crippen molar-refractivity contribution in [1.82, 2.24) is 0 Å². The molecule has 0 aliphatic rings. The second-order valence-corrected chi connectivity index (χ2v) is 13.1. The van der Waals surface area contributed by atoms with Crippen molar-refractivity contribution in [2.45, 2.75) is 71.8 Å². The van der Waals surface area contributed by atoms with Crippen molar-refractivity contribution in [2.24, 2.45) is 5.41 Å². The van der Waals surface area contributed by atoms with Crippen LogP contribution in [-0.4, -0.2) is 18.9 Å². The minimum Gasteiger partial charge on any atom is -0.393 e. The van der Waals surface area contributed by atoms with Crippen LogP contribution in [-0.2, 0) is 0 Å². The first-order valence-corrected chi connectivity index (χ1v) is 9.30. The lowest BCUT2D eigenvalue weighted by Crippen LogP contribution is -2.48. The molecule has 1 atom stereocenters. The molecule has 1 nitrogen and oxygen atoms in total. The van der Waals surface area contributed by atoms with Crippen LogP contribution in [0.2, 0.25) is 18.1 Å². The van der Waals surface area contributed by atoms with E-state index in [-0.39, 0.29) is 10.8 Å². The maximum atomic E-state index is 10.3. The Kier molecular flexibility index (Phi) is 5.02. The van der Waals surface area contributed by atoms with Gasteiger partial charge in [0.1, 0.15) is 0 Å². The summed E-state index contributed by atoms with van der Waals surface area (Å²) in [5, 5.41) is 10.5. The van der Waals surface area contributed by atoms with Gasteiger partial charge in [-0.15, -0.1) is 0 Å². The Bertz CT molecular complexity index is 240. The second kappa shape index (κ2) is 5.05. The lowest BCUT2D eigenvalue weighted by atomic mass is 9.92. The van der Waals surface area contributed by atoms with Crippen LogP contribution < -0.4 is 0 Å². The van der Waals surface area contributed by atoms with Crippen LogP contribution in [0.5, 0.6) is 0 Å². The molecular formula is C14H30OSi. The van der Waals surface area contributed by atoms with Crippen molar-refractivity contribution in [3.63, 3.8) is 0 Å². The van der Waals surface area contributed by atoms with Crippen LogP contribution in [0.4, 0.5) is 0 Å². The van der Waals surface area contributed by atoms with Gasteiger partial charge >= 0.3 is 0 Å². The van der Waals surface area contributed by atoms with Crippen LogP contribution in [0.15, 0.2) is 12.2 Å². The van der Waals surface area contributed by atoms with Gasteiger partial charge in [0.15, 0.2) is 0 Å². The maximum Gasteiger partial charge on any atom is 0.0914 e. The van der Waals surface area contributed by atoms with Gasteiger partial charge in [-0.2, -0.15) is 0 Å². The van der Waals surface area contributed by atoms with Gasteiger partial charge in [0.05, 0.1) is 13.8 Å². The van der Waals surface area contributed by atoms with Gasteiger partial charge in [-0.3, -0.25) is 0 Å². The zero-order valence-corrected chi connectivity index (χ0v) is 13.4. The molecule has 2 heteroatoms. The minimum absolute atomic E-state index is 0.235. The Hall–Kier alpha value is -0.0831. The first-order chi connectivity index (χ1) is 6.88. The van der Waals surface area contributed by atoms with Crippen molar-refractivity contribution in [2.75, 3.05) is 0 Å². The van der Waals surface area contributed by atoms with Crippen LogP contribution in [0.25, 0.3) is 0 Å². The maximum absolute atomic E-state index is 10.3. The Balaban J connectivity index is 4.53. The van der Waals surface area contributed by atoms with E-state index in [1.807, 2.05) is 6.08 Å². The molecule has 0 amide bonds. The van der Waals surface area contributed by atoms with Crippen molar-refractivity contribution in [3.8, 4) is 0 Å². The molecule has 0 radical (unpaired) electrons. The van der Waals surface area contributed by atoms with Gasteiger partial charge in [0.2, 0.25) is 0 Å². The van der Waals surface area contributed by atoms with Crippen LogP contribution in [0.3, 0.4) is 0 Å². The normalized spacial score (nSPS) is 16.8. The quantitative estimate of drug-likeness (QED) is 0.575. The molecule has 0 aromatic heterocycles. The highest BCUT2D eigenvalue weighted by molar-refractivity contribution is 6.81. The molecular weight excluding hydrogens is 212 g/mol. The minimum atomic E-state index is -1.64. The summed E-state index contributed by atoms with van der Waals surface area (Å²) in [6.07, 6.45) is 5.19. The first kappa shape index (κ1) is 15.9. The molecule has 96 valence electrons. The second-order valence-electron chi connectivity index (χ2n) is 7.61. The molecule has 0 spiro atoms. The molecule has 0 aliphatic heterocycles. The number of rotatable bonds is 3. The fourth-order valence-corrected chi connectivity index (χ4v) is 2.74. The third-order valence-electron chi connectivity index (χ3n) is 3.72. The fraction of sp³-hybridized carbons (Fsp3) is 0.857. The molecule has 0 heterocycles. The summed E-state index contributed by atoms with van der Waals surface area (Å²) in [4.78, 5) is 0. The molecule has 0 bridgehead atoms. The van der Waals surface area contributed by atoms with E-state index >= 15 is 0 Å². The van der Waals surface area contributed by atoms with E-state index in [1.165, 1.54) is 0 Å². The van der Waals surface area contributed by atoms with Crippen LogP contribution in [0, 0.1) is 5.41 Å². The van der Waals surface area contributed by atoms with Gasteiger partial charge in [-0.05, 0) is 16.9 Å². The van der Waals surface area contributed by atoms with Crippen LogP contribution in [0.1, 0.15) is 48.0 Å². The summed E-state index contributed by atoms with van der Waals surface area (Å²) in [6.45, 7) is 17.9. The van der Waals surface area contributed by atoms with E-state index in [0.717, 1.165) is 6.42 Å². The van der Waals surface area contributed by atoms with E-state index in [1.54, 1.807) is 0 Å². The summed E-state index contributed by atoms with van der Waals surface area (Å²) >= 11 is 0. The lowest BCUT2D eigenvalue weighted by Gasteiger charge is -2.39. The third-order valence-corrected chi connectivity index (χ3v) is 9.26. The molecule has 0 saturated heterocycles. The molecule has 1 N–H and O–H groups in total. The van der Waals surface area contributed by atoms with Crippen molar-refractivity contribution in [3.05, 3.63) is 12.2 Å². The summed E-state index contributed by atoms with van der Waals surface area (Å²) in [5.74, 6) is 0. The standard InChI is InChI=1S/C14H30OSi/c1-13(2,3)11-9-10-12(15)16(7,8)14(4,5)6/h9-10,12,15H,11H2,1-8H3/b10-9-/t12-/m1/s1. The lowest BCUT2D eigenvalue weighted by molar-refractivity contribution is 0.283. The Morgan fingerprint density at radius 2 is 1.50 bits per heavy atom. The van der Waals surface area contributed by atoms with E-state index < -0.39 is 8.07 Å². The molecule has 0 rings (SSSR count). The molecule has 16 heavy (non-hydrogen) atoms. The van der Waals surface area contributed by atoms with Crippen molar-refractivity contribution in [1.29, 1.82) is 0 Å². The Morgan fingerprint density at radius 1 is 1.06 bits per heavy atom. The average molecular weight is 242 g/mol. The molecule has 0 fully saturated rings. The highest BCUT2D eigenvalue weighted by atomic mass is 28.3. The summed E-state index contributed by atoms with van der Waals surface area (Å²) in [6, 6.07) is 0. The van der Waals surface area contributed by atoms with Gasteiger partial charge < -0.3 is 5.11 Å². The third kappa shape index (κ3) is 4.83. The monoisotopic (exact) mass is 242 g/mol. The fourth-order valence-electron chi connectivity index (χ4n) is 1.23. The van der Waals surface area contributed by atoms with Gasteiger partial charge in [-0.25, -0.2) is 0 Å². The van der Waals surface area contributed by atoms with E-state index in [4.69, 9.17) is 0 Å². The highest BCUT2D eigenvalue weighted by Crippen LogP contribution is 2.38. The molecule has 0 saturated carbocycles. The van der Waals surface area contributed by atoms with Gasteiger partial charge in [0, 0.05) is 0 Å². The molecule has 0 aromatic rings. The van der Waals surface area contributed by atoms with Crippen LogP contribution >= 0.6 is 0 Å². The van der Waals surface area contributed by atoms with E-state index in [9.17, 15) is 5.11 Å². The van der Waals surface area contributed by atoms with E-state index in [0.29, 0.717) is 5.41 Å². The summed E-state index contributed by atoms with van der Waals surface area (Å²) < 4.78 is 0. The average Bonchev–Trinajstić information content (AvgIpc) is 1.99. The van der Waals surface area contributed by atoms with Gasteiger partial charge in [0.25, 0.3) is 0 Å². The number of aliphatic hydroxyl groups excluding tert-OH is 1. The highest BCUT2D eigenvalue weighted by Gasteiger charge is 2.40. The number of hydrogen-bond acceptors (Lipinski definition) is 1. The van der Waals surface area contributed by atoms with E-state index in [2.05, 4.69) is 60.7 Å². The van der Waals surface area contributed by atoms with Crippen molar-refractivity contribution < 1.29 is 5.11 Å².